The van der Waals surface area contributed by atoms with E-state index in [1.807, 2.05) is 24.3 Å². The van der Waals surface area contributed by atoms with Crippen molar-refractivity contribution in [3.05, 3.63) is 95.9 Å². The van der Waals surface area contributed by atoms with Crippen molar-refractivity contribution in [1.82, 2.24) is 15.0 Å². The summed E-state index contributed by atoms with van der Waals surface area (Å²) in [6.45, 7) is 2.17. The average molecular weight is 414 g/mol. The minimum absolute atomic E-state index is 0.176. The second-order valence-electron chi connectivity index (χ2n) is 7.34. The highest BCUT2D eigenvalue weighted by atomic mass is 19.1. The van der Waals surface area contributed by atoms with Crippen LogP contribution in [0.3, 0.4) is 0 Å². The van der Waals surface area contributed by atoms with Gasteiger partial charge in [0.2, 0.25) is 0 Å². The normalized spacial score (nSPS) is 10.8. The van der Waals surface area contributed by atoms with E-state index in [9.17, 15) is 9.18 Å². The third kappa shape index (κ3) is 4.86. The number of nitrogens with one attached hydrogen (secondary N) is 1. The van der Waals surface area contributed by atoms with Gasteiger partial charge in [0, 0.05) is 16.8 Å². The van der Waals surface area contributed by atoms with E-state index < -0.39 is 0 Å². The average Bonchev–Trinajstić information content (AvgIpc) is 3.29. The minimum Gasteiger partial charge on any atom is -0.322 e. The zero-order valence-corrected chi connectivity index (χ0v) is 17.3. The van der Waals surface area contributed by atoms with Gasteiger partial charge in [0.05, 0.1) is 17.6 Å². The molecule has 1 N–H and O–H groups in total. The molecule has 0 unspecified atom stereocenters. The van der Waals surface area contributed by atoms with E-state index in [0.717, 1.165) is 41.9 Å². The predicted octanol–water partition coefficient (Wildman–Crippen LogP) is 5.67. The molecule has 0 spiro atoms. The van der Waals surface area contributed by atoms with Crippen molar-refractivity contribution in [3.63, 3.8) is 0 Å². The Morgan fingerprint density at radius 2 is 1.68 bits per heavy atom. The van der Waals surface area contributed by atoms with Crippen LogP contribution in [-0.4, -0.2) is 20.9 Å². The van der Waals surface area contributed by atoms with Gasteiger partial charge in [-0.1, -0.05) is 30.7 Å². The van der Waals surface area contributed by atoms with Crippen LogP contribution in [0.15, 0.2) is 79.0 Å². The summed E-state index contributed by atoms with van der Waals surface area (Å²) in [4.78, 5) is 12.6. The number of hydrogen-bond acceptors (Lipinski definition) is 3. The van der Waals surface area contributed by atoms with Gasteiger partial charge in [-0.25, -0.2) is 9.07 Å². The number of aromatic nitrogens is 3. The van der Waals surface area contributed by atoms with Crippen LogP contribution in [0.4, 0.5) is 10.1 Å². The molecule has 0 atom stereocenters. The molecule has 5 nitrogen and oxygen atoms in total. The third-order valence-electron chi connectivity index (χ3n) is 5.09. The highest BCUT2D eigenvalue weighted by Gasteiger charge is 2.11. The number of carbonyl (C=O) groups excluding carboxylic acids is 1. The van der Waals surface area contributed by atoms with E-state index in [2.05, 4.69) is 34.7 Å². The fourth-order valence-electron chi connectivity index (χ4n) is 3.34. The van der Waals surface area contributed by atoms with Gasteiger partial charge in [0.25, 0.3) is 5.91 Å². The molecule has 0 bridgehead atoms. The van der Waals surface area contributed by atoms with E-state index in [4.69, 9.17) is 0 Å². The number of nitrogens with zero attached hydrogens (tertiary/aromatic N) is 3. The highest BCUT2D eigenvalue weighted by molar-refractivity contribution is 6.04. The van der Waals surface area contributed by atoms with Crippen molar-refractivity contribution in [2.75, 3.05) is 5.32 Å². The van der Waals surface area contributed by atoms with E-state index in [1.165, 1.54) is 17.7 Å². The van der Waals surface area contributed by atoms with Gasteiger partial charge >= 0.3 is 0 Å². The lowest BCUT2D eigenvalue weighted by Crippen LogP contribution is -2.12. The molecular weight excluding hydrogens is 391 g/mol. The number of unbranched alkanes of at least 4 members (excludes halogenated alkanes) is 1. The van der Waals surface area contributed by atoms with Crippen LogP contribution in [0, 0.1) is 5.82 Å². The van der Waals surface area contributed by atoms with Crippen LogP contribution in [0.2, 0.25) is 0 Å². The molecule has 31 heavy (non-hydrogen) atoms. The van der Waals surface area contributed by atoms with Gasteiger partial charge in [-0.2, -0.15) is 0 Å². The van der Waals surface area contributed by atoms with E-state index in [0.29, 0.717) is 5.56 Å². The number of halogens is 1. The lowest BCUT2D eigenvalue weighted by Gasteiger charge is -2.09. The Kier molecular flexibility index (Phi) is 6.17. The molecule has 4 rings (SSSR count). The number of aryl methyl sites for hydroxylation is 1. The van der Waals surface area contributed by atoms with Crippen LogP contribution in [0.1, 0.15) is 35.7 Å². The fraction of sp³-hybridized carbons (Fsp3) is 0.160. The second kappa shape index (κ2) is 9.34. The summed E-state index contributed by atoms with van der Waals surface area (Å²) >= 11 is 0. The maximum absolute atomic E-state index is 13.2. The van der Waals surface area contributed by atoms with Crippen LogP contribution in [-0.2, 0) is 6.42 Å². The summed E-state index contributed by atoms with van der Waals surface area (Å²) in [7, 11) is 0. The molecule has 1 aromatic heterocycles. The Balaban J connectivity index is 1.47. The lowest BCUT2D eigenvalue weighted by atomic mass is 10.1. The summed E-state index contributed by atoms with van der Waals surface area (Å²) in [5.74, 6) is -0.473. The van der Waals surface area contributed by atoms with E-state index in [-0.39, 0.29) is 11.7 Å². The van der Waals surface area contributed by atoms with Crippen molar-refractivity contribution in [2.24, 2.45) is 0 Å². The monoisotopic (exact) mass is 414 g/mol. The highest BCUT2D eigenvalue weighted by Crippen LogP contribution is 2.22. The lowest BCUT2D eigenvalue weighted by molar-refractivity contribution is 0.102. The van der Waals surface area contributed by atoms with Crippen molar-refractivity contribution < 1.29 is 9.18 Å². The van der Waals surface area contributed by atoms with Crippen molar-refractivity contribution in [1.29, 1.82) is 0 Å². The number of carbonyl (C=O) groups is 1. The van der Waals surface area contributed by atoms with Crippen LogP contribution in [0.5, 0.6) is 0 Å². The van der Waals surface area contributed by atoms with Crippen LogP contribution >= 0.6 is 0 Å². The Hall–Kier alpha value is -3.80. The molecule has 0 fully saturated rings. The summed E-state index contributed by atoms with van der Waals surface area (Å²) in [5.41, 5.74) is 4.88. The summed E-state index contributed by atoms with van der Waals surface area (Å²) < 4.78 is 14.9. The Labute approximate surface area is 180 Å². The molecule has 156 valence electrons. The Morgan fingerprint density at radius 1 is 0.968 bits per heavy atom. The quantitative estimate of drug-likeness (QED) is 0.424. The molecule has 3 aromatic carbocycles. The second-order valence-corrected chi connectivity index (χ2v) is 7.34. The first-order valence-electron chi connectivity index (χ1n) is 10.3. The molecule has 0 aliphatic heterocycles. The third-order valence-corrected chi connectivity index (χ3v) is 5.09. The van der Waals surface area contributed by atoms with Gasteiger partial charge in [-0.15, -0.1) is 5.10 Å². The first-order chi connectivity index (χ1) is 15.1. The summed E-state index contributed by atoms with van der Waals surface area (Å²) in [5, 5.41) is 11.0. The zero-order chi connectivity index (χ0) is 21.6. The van der Waals surface area contributed by atoms with Crippen LogP contribution in [0.25, 0.3) is 16.9 Å². The first-order valence-corrected chi connectivity index (χ1v) is 10.3. The molecule has 1 amide bonds. The zero-order valence-electron chi connectivity index (χ0n) is 17.3. The Bertz CT molecular complexity index is 1150. The van der Waals surface area contributed by atoms with Gasteiger partial charge in [-0.05, 0) is 79.1 Å². The van der Waals surface area contributed by atoms with Crippen molar-refractivity contribution in [2.45, 2.75) is 26.2 Å². The van der Waals surface area contributed by atoms with E-state index in [1.54, 1.807) is 35.1 Å². The Morgan fingerprint density at radius 3 is 2.35 bits per heavy atom. The van der Waals surface area contributed by atoms with Crippen molar-refractivity contribution >= 4 is 11.6 Å². The molecule has 1 heterocycles. The minimum atomic E-state index is -0.297. The maximum atomic E-state index is 13.2. The van der Waals surface area contributed by atoms with Crippen molar-refractivity contribution in [3.8, 4) is 16.9 Å². The molecule has 0 saturated carbocycles. The molecule has 0 saturated heterocycles. The molecule has 6 heteroatoms. The summed E-state index contributed by atoms with van der Waals surface area (Å²) in [6, 6.07) is 21.2. The fourth-order valence-corrected chi connectivity index (χ4v) is 3.34. The van der Waals surface area contributed by atoms with Crippen LogP contribution < -0.4 is 5.32 Å². The smallest absolute Gasteiger partial charge is 0.255 e. The van der Waals surface area contributed by atoms with Gasteiger partial charge in [0.1, 0.15) is 5.82 Å². The van der Waals surface area contributed by atoms with Gasteiger partial charge < -0.3 is 5.32 Å². The maximum Gasteiger partial charge on any atom is 0.255 e. The number of amides is 1. The molecule has 0 aliphatic carbocycles. The van der Waals surface area contributed by atoms with E-state index >= 15 is 0 Å². The molecule has 4 aromatic rings. The molecule has 0 aliphatic rings. The first kappa shape index (κ1) is 20.5. The number of benzene rings is 3. The largest absolute Gasteiger partial charge is 0.322 e. The number of hydrogen-bond donors (Lipinski definition) is 1. The molecular formula is C25H23FN4O. The van der Waals surface area contributed by atoms with Gasteiger partial charge in [0.15, 0.2) is 0 Å². The topological polar surface area (TPSA) is 59.8 Å². The SMILES string of the molecule is CCCCc1ccc(NC(=O)c2ccc(-n3nncc3-c3ccc(F)cc3)cc2)cc1. The standard InChI is InChI=1S/C25H23FN4O/c1-2-3-4-18-5-13-22(14-6-18)28-25(31)20-9-15-23(16-10-20)30-24(17-27-29-30)19-7-11-21(26)12-8-19/h5-17H,2-4H2,1H3,(H,28,31). The molecule has 0 radical (unpaired) electrons. The summed E-state index contributed by atoms with van der Waals surface area (Å²) in [6.07, 6.45) is 4.99. The number of rotatable bonds is 7. The predicted molar refractivity (Wildman–Crippen MR) is 120 cm³/mol. The number of anilines is 1. The van der Waals surface area contributed by atoms with Gasteiger partial charge in [-0.3, -0.25) is 4.79 Å².